The molecular formula is C17H22ClNO4. The van der Waals surface area contributed by atoms with E-state index >= 15 is 0 Å². The first-order chi connectivity index (χ1) is 11.1. The number of carbonyl (C=O) groups excluding carboxylic acids is 1. The molecule has 0 bridgehead atoms. The molecule has 2 aliphatic rings. The molecule has 23 heavy (non-hydrogen) atoms. The zero-order chi connectivity index (χ0) is 16.3. The van der Waals surface area contributed by atoms with Crippen LogP contribution >= 0.6 is 11.6 Å². The van der Waals surface area contributed by atoms with E-state index in [0.29, 0.717) is 31.4 Å². The second-order valence-corrected chi connectivity index (χ2v) is 6.56. The van der Waals surface area contributed by atoms with Crippen LogP contribution in [0, 0.1) is 0 Å². The number of hydrogen-bond donors (Lipinski definition) is 1. The van der Waals surface area contributed by atoms with Crippen molar-refractivity contribution in [3.63, 3.8) is 0 Å². The highest BCUT2D eigenvalue weighted by Gasteiger charge is 2.38. The molecule has 0 aromatic heterocycles. The average molecular weight is 340 g/mol. The molecule has 2 heterocycles. The quantitative estimate of drug-likeness (QED) is 0.834. The van der Waals surface area contributed by atoms with Gasteiger partial charge in [-0.1, -0.05) is 11.6 Å². The molecule has 6 heteroatoms. The molecule has 2 aliphatic heterocycles. The van der Waals surface area contributed by atoms with E-state index < -0.39 is 0 Å². The lowest BCUT2D eigenvalue weighted by Gasteiger charge is -2.39. The summed E-state index contributed by atoms with van der Waals surface area (Å²) < 4.78 is 16.1. The maximum Gasteiger partial charge on any atom is 0.323 e. The van der Waals surface area contributed by atoms with E-state index in [9.17, 15) is 4.79 Å². The van der Waals surface area contributed by atoms with E-state index in [1.54, 1.807) is 7.11 Å². The summed E-state index contributed by atoms with van der Waals surface area (Å²) in [5.41, 5.74) is 0.923. The molecule has 2 fully saturated rings. The number of methoxy groups -OCH3 is 1. The van der Waals surface area contributed by atoms with Crippen molar-refractivity contribution < 1.29 is 19.0 Å². The molecule has 2 saturated heterocycles. The molecule has 0 unspecified atom stereocenters. The van der Waals surface area contributed by atoms with Gasteiger partial charge in [-0.2, -0.15) is 0 Å². The van der Waals surface area contributed by atoms with E-state index in [-0.39, 0.29) is 17.4 Å². The van der Waals surface area contributed by atoms with Crippen LogP contribution in [0.15, 0.2) is 18.2 Å². The highest BCUT2D eigenvalue weighted by Crippen LogP contribution is 2.40. The van der Waals surface area contributed by atoms with Crippen LogP contribution in [0.2, 0.25) is 5.02 Å². The summed E-state index contributed by atoms with van der Waals surface area (Å²) >= 11 is 6.22. The van der Waals surface area contributed by atoms with Gasteiger partial charge in [0.25, 0.3) is 0 Å². The molecule has 0 radical (unpaired) electrons. The maximum atomic E-state index is 11.7. The maximum absolute atomic E-state index is 11.7. The third-order valence-electron chi connectivity index (χ3n) is 4.80. The van der Waals surface area contributed by atoms with Gasteiger partial charge in [-0.05, 0) is 31.0 Å². The van der Waals surface area contributed by atoms with E-state index in [2.05, 4.69) is 5.32 Å². The van der Waals surface area contributed by atoms with Gasteiger partial charge in [0.05, 0.1) is 13.7 Å². The number of ether oxygens (including phenoxy) is 3. The first-order valence-corrected chi connectivity index (χ1v) is 8.34. The molecule has 126 valence electrons. The zero-order valence-electron chi connectivity index (χ0n) is 13.3. The van der Waals surface area contributed by atoms with E-state index in [0.717, 1.165) is 30.6 Å². The molecule has 1 aromatic carbocycles. The van der Waals surface area contributed by atoms with Gasteiger partial charge >= 0.3 is 5.97 Å². The highest BCUT2D eigenvalue weighted by atomic mass is 35.5. The Labute approximate surface area is 141 Å². The Hall–Kier alpha value is -1.30. The van der Waals surface area contributed by atoms with Crippen LogP contribution in [-0.4, -0.2) is 45.5 Å². The Kier molecular flexibility index (Phi) is 5.09. The lowest BCUT2D eigenvalue weighted by Crippen LogP contribution is -2.47. The van der Waals surface area contributed by atoms with Crippen LogP contribution in [0.4, 0.5) is 0 Å². The lowest BCUT2D eigenvalue weighted by atomic mass is 9.73. The van der Waals surface area contributed by atoms with E-state index in [1.165, 1.54) is 0 Å². The molecule has 0 amide bonds. The van der Waals surface area contributed by atoms with E-state index in [1.807, 2.05) is 18.2 Å². The fourth-order valence-corrected chi connectivity index (χ4v) is 3.57. The van der Waals surface area contributed by atoms with Crippen molar-refractivity contribution in [1.29, 1.82) is 0 Å². The Balaban J connectivity index is 1.87. The fourth-order valence-electron chi connectivity index (χ4n) is 3.40. The van der Waals surface area contributed by atoms with Crippen LogP contribution in [0.5, 0.6) is 5.75 Å². The minimum atomic E-state index is -0.222. The first-order valence-electron chi connectivity index (χ1n) is 7.96. The van der Waals surface area contributed by atoms with Crippen molar-refractivity contribution in [3.05, 3.63) is 28.8 Å². The SMILES string of the molecule is COc1ccc(Cl)cc1C1(CN[C@H]2CCOC2=O)CCOCC1. The number of rotatable bonds is 5. The van der Waals surface area contributed by atoms with Gasteiger partial charge in [0, 0.05) is 42.2 Å². The van der Waals surface area contributed by atoms with Crippen LogP contribution in [0.25, 0.3) is 0 Å². The fraction of sp³-hybridized carbons (Fsp3) is 0.588. The second kappa shape index (κ2) is 7.07. The summed E-state index contributed by atoms with van der Waals surface area (Å²) in [6.45, 7) is 2.54. The second-order valence-electron chi connectivity index (χ2n) is 6.13. The molecule has 0 spiro atoms. The topological polar surface area (TPSA) is 56.8 Å². The average Bonchev–Trinajstić information content (AvgIpc) is 2.99. The number of hydrogen-bond acceptors (Lipinski definition) is 5. The minimum Gasteiger partial charge on any atom is -0.496 e. The lowest BCUT2D eigenvalue weighted by molar-refractivity contribution is -0.139. The van der Waals surface area contributed by atoms with Crippen LogP contribution in [0.3, 0.4) is 0 Å². The number of nitrogens with one attached hydrogen (secondary N) is 1. The predicted octanol–water partition coefficient (Wildman–Crippen LogP) is 2.30. The third kappa shape index (κ3) is 3.47. The molecule has 3 rings (SSSR count). The molecule has 1 N–H and O–H groups in total. The van der Waals surface area contributed by atoms with Crippen molar-refractivity contribution in [1.82, 2.24) is 5.32 Å². The van der Waals surface area contributed by atoms with Crippen LogP contribution in [-0.2, 0) is 19.7 Å². The standard InChI is InChI=1S/C17H22ClNO4/c1-21-15-3-2-12(18)10-13(15)17(5-8-22-9-6-17)11-19-14-4-7-23-16(14)20/h2-3,10,14,19H,4-9,11H2,1H3/t14-/m0/s1. The van der Waals surface area contributed by atoms with Gasteiger partial charge in [0.15, 0.2) is 0 Å². The Morgan fingerprint density at radius 1 is 1.35 bits per heavy atom. The van der Waals surface area contributed by atoms with Gasteiger partial charge in [-0.3, -0.25) is 4.79 Å². The van der Waals surface area contributed by atoms with Gasteiger partial charge in [-0.25, -0.2) is 0 Å². The summed E-state index contributed by atoms with van der Waals surface area (Å²) in [5, 5.41) is 4.07. The largest absolute Gasteiger partial charge is 0.496 e. The van der Waals surface area contributed by atoms with Gasteiger partial charge < -0.3 is 19.5 Å². The van der Waals surface area contributed by atoms with Gasteiger partial charge in [-0.15, -0.1) is 0 Å². The Bertz CT molecular complexity index is 572. The Morgan fingerprint density at radius 2 is 2.13 bits per heavy atom. The van der Waals surface area contributed by atoms with Crippen LogP contribution in [0.1, 0.15) is 24.8 Å². The number of cyclic esters (lactones) is 1. The van der Waals surface area contributed by atoms with Gasteiger partial charge in [0.1, 0.15) is 11.8 Å². The summed E-state index contributed by atoms with van der Waals surface area (Å²) in [4.78, 5) is 11.7. The molecule has 5 nitrogen and oxygen atoms in total. The molecule has 1 atom stereocenters. The van der Waals surface area contributed by atoms with Crippen molar-refractivity contribution in [3.8, 4) is 5.75 Å². The number of carbonyl (C=O) groups is 1. The molecule has 0 aliphatic carbocycles. The molecule has 0 saturated carbocycles. The van der Waals surface area contributed by atoms with Crippen LogP contribution < -0.4 is 10.1 Å². The summed E-state index contributed by atoms with van der Waals surface area (Å²) in [5.74, 6) is 0.664. The summed E-state index contributed by atoms with van der Waals surface area (Å²) in [7, 11) is 1.67. The van der Waals surface area contributed by atoms with Crippen molar-refractivity contribution in [2.24, 2.45) is 0 Å². The summed E-state index contributed by atoms with van der Waals surface area (Å²) in [6, 6.07) is 5.48. The number of esters is 1. The number of benzene rings is 1. The predicted molar refractivity (Wildman–Crippen MR) is 87.1 cm³/mol. The van der Waals surface area contributed by atoms with Crippen molar-refractivity contribution >= 4 is 17.6 Å². The molecule has 1 aromatic rings. The third-order valence-corrected chi connectivity index (χ3v) is 5.04. The Morgan fingerprint density at radius 3 is 2.78 bits per heavy atom. The highest BCUT2D eigenvalue weighted by molar-refractivity contribution is 6.30. The summed E-state index contributed by atoms with van der Waals surface area (Å²) in [6.07, 6.45) is 2.44. The smallest absolute Gasteiger partial charge is 0.323 e. The normalized spacial score (nSPS) is 23.6. The van der Waals surface area contributed by atoms with Crippen molar-refractivity contribution in [2.75, 3.05) is 33.5 Å². The minimum absolute atomic E-state index is 0.155. The number of halogens is 1. The monoisotopic (exact) mass is 339 g/mol. The molecular weight excluding hydrogens is 318 g/mol. The zero-order valence-corrected chi connectivity index (χ0v) is 14.0. The van der Waals surface area contributed by atoms with Gasteiger partial charge in [0.2, 0.25) is 0 Å². The van der Waals surface area contributed by atoms with E-state index in [4.69, 9.17) is 25.8 Å². The van der Waals surface area contributed by atoms with Crippen molar-refractivity contribution in [2.45, 2.75) is 30.7 Å². The first kappa shape index (κ1) is 16.6.